The predicted octanol–water partition coefficient (Wildman–Crippen LogP) is 2.19. The number of hydrogen-bond donors (Lipinski definition) is 1. The first-order valence-electron chi connectivity index (χ1n) is 6.07. The first kappa shape index (κ1) is 14.4. The Morgan fingerprint density at radius 1 is 1.13 bits per heavy atom. The molecule has 0 aliphatic carbocycles. The summed E-state index contributed by atoms with van der Waals surface area (Å²) in [6.45, 7) is 2.71. The maximum Gasteiger partial charge on any atom is 0.222 e. The zero-order valence-corrected chi connectivity index (χ0v) is 10.2. The van der Waals surface area contributed by atoms with Crippen LogP contribution in [-0.2, 0) is 4.79 Å². The molecule has 0 spiro atoms. The Bertz CT molecular complexity index is 160. The van der Waals surface area contributed by atoms with E-state index in [-0.39, 0.29) is 12.5 Å². The van der Waals surface area contributed by atoms with Gasteiger partial charge in [-0.25, -0.2) is 0 Å². The van der Waals surface area contributed by atoms with Crippen molar-refractivity contribution in [3.63, 3.8) is 0 Å². The number of carbonyl (C=O) groups excluding carboxylic acids is 1. The molecule has 0 aromatic carbocycles. The molecule has 0 aliphatic rings. The summed E-state index contributed by atoms with van der Waals surface area (Å²) >= 11 is 0. The van der Waals surface area contributed by atoms with E-state index in [1.165, 1.54) is 25.7 Å². The van der Waals surface area contributed by atoms with Crippen LogP contribution in [0.25, 0.3) is 0 Å². The monoisotopic (exact) mass is 215 g/mol. The molecule has 0 radical (unpaired) electrons. The van der Waals surface area contributed by atoms with E-state index in [1.54, 1.807) is 11.9 Å². The van der Waals surface area contributed by atoms with E-state index in [0.717, 1.165) is 12.8 Å². The fourth-order valence-corrected chi connectivity index (χ4v) is 1.52. The number of carbonyl (C=O) groups is 1. The number of rotatable bonds is 9. The Morgan fingerprint density at radius 3 is 2.33 bits per heavy atom. The number of likely N-dealkylation sites (N-methyl/N-ethyl adjacent to an activating group) is 1. The van der Waals surface area contributed by atoms with Crippen LogP contribution >= 0.6 is 0 Å². The molecule has 90 valence electrons. The van der Waals surface area contributed by atoms with Crippen LogP contribution < -0.4 is 0 Å². The van der Waals surface area contributed by atoms with Crippen LogP contribution in [0.5, 0.6) is 0 Å². The molecule has 0 saturated carbocycles. The molecular formula is C12H25NO2. The first-order valence-corrected chi connectivity index (χ1v) is 6.07. The van der Waals surface area contributed by atoms with Gasteiger partial charge in [-0.05, 0) is 6.42 Å². The van der Waals surface area contributed by atoms with E-state index in [1.807, 2.05) is 0 Å². The van der Waals surface area contributed by atoms with Crippen molar-refractivity contribution in [2.75, 3.05) is 20.2 Å². The maximum absolute atomic E-state index is 11.4. The molecule has 3 nitrogen and oxygen atoms in total. The van der Waals surface area contributed by atoms with Crippen LogP contribution in [-0.4, -0.2) is 36.1 Å². The number of aliphatic hydroxyl groups excluding tert-OH is 1. The van der Waals surface area contributed by atoms with Gasteiger partial charge in [0.05, 0.1) is 6.61 Å². The summed E-state index contributed by atoms with van der Waals surface area (Å²) in [5.74, 6) is 0.152. The van der Waals surface area contributed by atoms with Crippen molar-refractivity contribution in [2.45, 2.75) is 51.9 Å². The molecule has 0 rings (SSSR count). The van der Waals surface area contributed by atoms with Gasteiger partial charge in [-0.2, -0.15) is 0 Å². The average Bonchev–Trinajstić information content (AvgIpc) is 2.23. The van der Waals surface area contributed by atoms with Gasteiger partial charge in [-0.1, -0.05) is 39.0 Å². The van der Waals surface area contributed by atoms with Gasteiger partial charge in [-0.15, -0.1) is 0 Å². The van der Waals surface area contributed by atoms with E-state index in [2.05, 4.69) is 6.92 Å². The topological polar surface area (TPSA) is 40.5 Å². The SMILES string of the molecule is CCCCCCCCC(=O)N(C)CCO. The fourth-order valence-electron chi connectivity index (χ4n) is 1.52. The molecule has 0 aromatic heterocycles. The highest BCUT2D eigenvalue weighted by Gasteiger charge is 2.06. The third-order valence-electron chi connectivity index (χ3n) is 2.61. The molecule has 3 heteroatoms. The molecular weight excluding hydrogens is 190 g/mol. The summed E-state index contributed by atoms with van der Waals surface area (Å²) in [6, 6.07) is 0. The molecule has 0 bridgehead atoms. The standard InChI is InChI=1S/C12H25NO2/c1-3-4-5-6-7-8-9-12(15)13(2)10-11-14/h14H,3-11H2,1-2H3. The number of hydrogen-bond acceptors (Lipinski definition) is 2. The second kappa shape index (κ2) is 9.97. The largest absolute Gasteiger partial charge is 0.395 e. The first-order chi connectivity index (χ1) is 7.22. The molecule has 0 aliphatic heterocycles. The van der Waals surface area contributed by atoms with E-state index in [9.17, 15) is 4.79 Å². The van der Waals surface area contributed by atoms with Gasteiger partial charge in [-0.3, -0.25) is 4.79 Å². The van der Waals surface area contributed by atoms with E-state index >= 15 is 0 Å². The highest BCUT2D eigenvalue weighted by molar-refractivity contribution is 5.75. The molecule has 0 atom stereocenters. The van der Waals surface area contributed by atoms with Crippen LogP contribution in [0, 0.1) is 0 Å². The predicted molar refractivity (Wildman–Crippen MR) is 62.7 cm³/mol. The zero-order valence-electron chi connectivity index (χ0n) is 10.2. The fraction of sp³-hybridized carbons (Fsp3) is 0.917. The van der Waals surface area contributed by atoms with Gasteiger partial charge >= 0.3 is 0 Å². The van der Waals surface area contributed by atoms with E-state index in [0.29, 0.717) is 13.0 Å². The summed E-state index contributed by atoms with van der Waals surface area (Å²) in [5, 5.41) is 8.66. The van der Waals surface area contributed by atoms with Gasteiger partial charge < -0.3 is 10.0 Å². The van der Waals surface area contributed by atoms with E-state index in [4.69, 9.17) is 5.11 Å². The lowest BCUT2D eigenvalue weighted by molar-refractivity contribution is -0.130. The Morgan fingerprint density at radius 2 is 1.73 bits per heavy atom. The van der Waals surface area contributed by atoms with Crippen molar-refractivity contribution in [3.05, 3.63) is 0 Å². The van der Waals surface area contributed by atoms with Crippen molar-refractivity contribution in [1.29, 1.82) is 0 Å². The molecule has 1 amide bonds. The molecule has 0 saturated heterocycles. The number of amides is 1. The third-order valence-corrected chi connectivity index (χ3v) is 2.61. The molecule has 0 unspecified atom stereocenters. The smallest absolute Gasteiger partial charge is 0.222 e. The lowest BCUT2D eigenvalue weighted by atomic mass is 10.1. The Hall–Kier alpha value is -0.570. The molecule has 15 heavy (non-hydrogen) atoms. The zero-order chi connectivity index (χ0) is 11.5. The molecule has 0 heterocycles. The second-order valence-corrected chi connectivity index (χ2v) is 4.06. The summed E-state index contributed by atoms with van der Waals surface area (Å²) in [5.41, 5.74) is 0. The molecule has 1 N–H and O–H groups in total. The number of nitrogens with zero attached hydrogens (tertiary/aromatic N) is 1. The summed E-state index contributed by atoms with van der Waals surface area (Å²) in [4.78, 5) is 13.0. The van der Waals surface area contributed by atoms with Crippen molar-refractivity contribution >= 4 is 5.91 Å². The van der Waals surface area contributed by atoms with Crippen molar-refractivity contribution in [3.8, 4) is 0 Å². The van der Waals surface area contributed by atoms with Crippen LogP contribution in [0.3, 0.4) is 0 Å². The summed E-state index contributed by atoms with van der Waals surface area (Å²) < 4.78 is 0. The Balaban J connectivity index is 3.30. The highest BCUT2D eigenvalue weighted by atomic mass is 16.3. The van der Waals surface area contributed by atoms with Gasteiger partial charge in [0, 0.05) is 20.0 Å². The van der Waals surface area contributed by atoms with Crippen molar-refractivity contribution < 1.29 is 9.90 Å². The normalized spacial score (nSPS) is 10.3. The minimum atomic E-state index is 0.0543. The Kier molecular flexibility index (Phi) is 9.59. The van der Waals surface area contributed by atoms with Gasteiger partial charge in [0.25, 0.3) is 0 Å². The quantitative estimate of drug-likeness (QED) is 0.599. The minimum Gasteiger partial charge on any atom is -0.395 e. The number of aliphatic hydroxyl groups is 1. The average molecular weight is 215 g/mol. The van der Waals surface area contributed by atoms with Crippen LogP contribution in [0.1, 0.15) is 51.9 Å². The summed E-state index contributed by atoms with van der Waals surface area (Å²) in [6.07, 6.45) is 7.86. The molecule has 0 aromatic rings. The molecule has 0 fully saturated rings. The minimum absolute atomic E-state index is 0.0543. The third kappa shape index (κ3) is 8.43. The van der Waals surface area contributed by atoms with Gasteiger partial charge in [0.15, 0.2) is 0 Å². The van der Waals surface area contributed by atoms with Crippen molar-refractivity contribution in [2.24, 2.45) is 0 Å². The summed E-state index contributed by atoms with van der Waals surface area (Å²) in [7, 11) is 1.75. The van der Waals surface area contributed by atoms with Crippen LogP contribution in [0.2, 0.25) is 0 Å². The number of unbranched alkanes of at least 4 members (excludes halogenated alkanes) is 5. The van der Waals surface area contributed by atoms with E-state index < -0.39 is 0 Å². The lowest BCUT2D eigenvalue weighted by Crippen LogP contribution is -2.29. The van der Waals surface area contributed by atoms with Gasteiger partial charge in [0.2, 0.25) is 5.91 Å². The van der Waals surface area contributed by atoms with Gasteiger partial charge in [0.1, 0.15) is 0 Å². The highest BCUT2D eigenvalue weighted by Crippen LogP contribution is 2.07. The lowest BCUT2D eigenvalue weighted by Gasteiger charge is -2.15. The maximum atomic E-state index is 11.4. The van der Waals surface area contributed by atoms with Crippen LogP contribution in [0.15, 0.2) is 0 Å². The van der Waals surface area contributed by atoms with Crippen molar-refractivity contribution in [1.82, 2.24) is 4.90 Å². The second-order valence-electron chi connectivity index (χ2n) is 4.06. The van der Waals surface area contributed by atoms with Crippen LogP contribution in [0.4, 0.5) is 0 Å². The Labute approximate surface area is 93.5 Å².